The summed E-state index contributed by atoms with van der Waals surface area (Å²) < 4.78 is 32.3. The molecule has 0 radical (unpaired) electrons. The smallest absolute Gasteiger partial charge is 0.132 e. The van der Waals surface area contributed by atoms with Gasteiger partial charge in [-0.15, -0.1) is 11.6 Å². The zero-order valence-electron chi connectivity index (χ0n) is 9.09. The van der Waals surface area contributed by atoms with Gasteiger partial charge in [0, 0.05) is 16.1 Å². The van der Waals surface area contributed by atoms with Crippen molar-refractivity contribution in [2.45, 2.75) is 5.88 Å². The summed E-state index contributed by atoms with van der Waals surface area (Å²) in [6.07, 6.45) is 0. The Morgan fingerprint density at radius 3 is 2.50 bits per heavy atom. The normalized spacial score (nSPS) is 10.4. The summed E-state index contributed by atoms with van der Waals surface area (Å²) in [4.78, 5) is 0. The first kappa shape index (κ1) is 13.3. The average molecular weight is 334 g/mol. The molecule has 0 atom stereocenters. The fourth-order valence-electron chi connectivity index (χ4n) is 1.47. The molecule has 94 valence electrons. The van der Waals surface area contributed by atoms with Crippen LogP contribution >= 0.6 is 27.5 Å². The van der Waals surface area contributed by atoms with Gasteiger partial charge in [0.2, 0.25) is 0 Å². The third kappa shape index (κ3) is 3.21. The summed E-state index contributed by atoms with van der Waals surface area (Å²) in [7, 11) is 0. The lowest BCUT2D eigenvalue weighted by Crippen LogP contribution is -1.91. The van der Waals surface area contributed by atoms with Gasteiger partial charge in [-0.05, 0) is 30.3 Å². The van der Waals surface area contributed by atoms with Crippen molar-refractivity contribution in [3.63, 3.8) is 0 Å². The lowest BCUT2D eigenvalue weighted by atomic mass is 10.2. The molecule has 0 unspecified atom stereocenters. The van der Waals surface area contributed by atoms with E-state index in [1.165, 1.54) is 30.3 Å². The fraction of sp³-hybridized carbons (Fsp3) is 0.0769. The Bertz CT molecular complexity index is 555. The fourth-order valence-corrected chi connectivity index (χ4v) is 2.12. The zero-order valence-corrected chi connectivity index (χ0v) is 11.4. The number of hydrogen-bond acceptors (Lipinski definition) is 1. The highest BCUT2D eigenvalue weighted by molar-refractivity contribution is 9.10. The molecule has 0 fully saturated rings. The molecule has 2 rings (SSSR count). The van der Waals surface area contributed by atoms with E-state index in [2.05, 4.69) is 15.9 Å². The van der Waals surface area contributed by atoms with E-state index in [9.17, 15) is 8.78 Å². The molecule has 0 amide bonds. The van der Waals surface area contributed by atoms with Crippen LogP contribution in [0.5, 0.6) is 11.5 Å². The molecular formula is C13H8BrClF2O. The van der Waals surface area contributed by atoms with Gasteiger partial charge in [-0.1, -0.05) is 15.9 Å². The molecular weight excluding hydrogens is 325 g/mol. The van der Waals surface area contributed by atoms with Crippen LogP contribution in [0.25, 0.3) is 0 Å². The van der Waals surface area contributed by atoms with Crippen molar-refractivity contribution in [3.8, 4) is 11.5 Å². The minimum absolute atomic E-state index is 0.115. The van der Waals surface area contributed by atoms with Crippen LogP contribution in [0.1, 0.15) is 5.56 Å². The minimum Gasteiger partial charge on any atom is -0.457 e. The van der Waals surface area contributed by atoms with E-state index in [4.69, 9.17) is 16.3 Å². The van der Waals surface area contributed by atoms with Gasteiger partial charge in [-0.25, -0.2) is 8.78 Å². The van der Waals surface area contributed by atoms with Crippen molar-refractivity contribution in [3.05, 3.63) is 58.1 Å². The van der Waals surface area contributed by atoms with E-state index >= 15 is 0 Å². The zero-order chi connectivity index (χ0) is 13.1. The SMILES string of the molecule is Fc1cc(Br)cc(Oc2ccc(F)cc2CCl)c1. The number of ether oxygens (including phenoxy) is 1. The third-order valence-corrected chi connectivity index (χ3v) is 2.98. The Kier molecular flexibility index (Phi) is 4.19. The van der Waals surface area contributed by atoms with Crippen molar-refractivity contribution < 1.29 is 13.5 Å². The molecule has 0 heterocycles. The molecule has 0 aliphatic heterocycles. The van der Waals surface area contributed by atoms with Gasteiger partial charge in [0.25, 0.3) is 0 Å². The number of alkyl halides is 1. The van der Waals surface area contributed by atoms with Crippen LogP contribution < -0.4 is 4.74 Å². The van der Waals surface area contributed by atoms with Gasteiger partial charge in [0.05, 0.1) is 5.88 Å². The molecule has 0 aromatic heterocycles. The predicted octanol–water partition coefficient (Wildman–Crippen LogP) is 5.26. The number of hydrogen-bond donors (Lipinski definition) is 0. The summed E-state index contributed by atoms with van der Waals surface area (Å²) in [5.41, 5.74) is 0.511. The molecule has 5 heteroatoms. The van der Waals surface area contributed by atoms with Gasteiger partial charge < -0.3 is 4.74 Å². The van der Waals surface area contributed by atoms with E-state index in [1.54, 1.807) is 6.07 Å². The van der Waals surface area contributed by atoms with E-state index in [0.29, 0.717) is 21.5 Å². The Hall–Kier alpha value is -1.13. The van der Waals surface area contributed by atoms with E-state index in [-0.39, 0.29) is 5.88 Å². The van der Waals surface area contributed by atoms with Gasteiger partial charge in [0.1, 0.15) is 23.1 Å². The van der Waals surface area contributed by atoms with E-state index in [1.807, 2.05) is 0 Å². The quantitative estimate of drug-likeness (QED) is 0.696. The molecule has 0 N–H and O–H groups in total. The average Bonchev–Trinajstić information content (AvgIpc) is 2.30. The summed E-state index contributed by atoms with van der Waals surface area (Å²) in [5.74, 6) is 0.0277. The van der Waals surface area contributed by atoms with Crippen molar-refractivity contribution in [2.24, 2.45) is 0 Å². The number of benzene rings is 2. The van der Waals surface area contributed by atoms with Crippen LogP contribution in [0.3, 0.4) is 0 Å². The Labute approximate surface area is 116 Å². The molecule has 0 saturated carbocycles. The summed E-state index contributed by atoms with van der Waals surface area (Å²) in [5, 5.41) is 0. The predicted molar refractivity (Wildman–Crippen MR) is 70.1 cm³/mol. The van der Waals surface area contributed by atoms with Crippen molar-refractivity contribution in [1.29, 1.82) is 0 Å². The Balaban J connectivity index is 2.33. The highest BCUT2D eigenvalue weighted by atomic mass is 79.9. The second-order valence-corrected chi connectivity index (χ2v) is 4.78. The summed E-state index contributed by atoms with van der Waals surface area (Å²) >= 11 is 8.87. The van der Waals surface area contributed by atoms with Crippen molar-refractivity contribution >= 4 is 27.5 Å². The third-order valence-electron chi connectivity index (χ3n) is 2.23. The second kappa shape index (κ2) is 5.67. The van der Waals surface area contributed by atoms with Gasteiger partial charge in [0.15, 0.2) is 0 Å². The summed E-state index contributed by atoms with van der Waals surface area (Å²) in [6.45, 7) is 0. The maximum absolute atomic E-state index is 13.2. The van der Waals surface area contributed by atoms with Crippen LogP contribution in [0.4, 0.5) is 8.78 Å². The molecule has 0 aliphatic carbocycles. The van der Waals surface area contributed by atoms with Gasteiger partial charge in [-0.2, -0.15) is 0 Å². The monoisotopic (exact) mass is 332 g/mol. The molecule has 0 bridgehead atoms. The van der Waals surface area contributed by atoms with E-state index < -0.39 is 11.6 Å². The topological polar surface area (TPSA) is 9.23 Å². The largest absolute Gasteiger partial charge is 0.457 e. The first-order valence-electron chi connectivity index (χ1n) is 5.07. The van der Waals surface area contributed by atoms with Gasteiger partial charge in [-0.3, -0.25) is 0 Å². The molecule has 0 saturated heterocycles. The highest BCUT2D eigenvalue weighted by Gasteiger charge is 2.07. The highest BCUT2D eigenvalue weighted by Crippen LogP contribution is 2.29. The lowest BCUT2D eigenvalue weighted by Gasteiger charge is -2.10. The Morgan fingerprint density at radius 2 is 1.83 bits per heavy atom. The van der Waals surface area contributed by atoms with Crippen LogP contribution in [-0.2, 0) is 5.88 Å². The van der Waals surface area contributed by atoms with Crippen molar-refractivity contribution in [1.82, 2.24) is 0 Å². The first-order chi connectivity index (χ1) is 8.58. The van der Waals surface area contributed by atoms with Crippen LogP contribution in [0.2, 0.25) is 0 Å². The van der Waals surface area contributed by atoms with E-state index in [0.717, 1.165) is 0 Å². The molecule has 2 aromatic carbocycles. The maximum Gasteiger partial charge on any atom is 0.132 e. The lowest BCUT2D eigenvalue weighted by molar-refractivity contribution is 0.470. The minimum atomic E-state index is -0.422. The molecule has 1 nitrogen and oxygen atoms in total. The molecule has 0 spiro atoms. The van der Waals surface area contributed by atoms with Crippen LogP contribution in [0, 0.1) is 11.6 Å². The molecule has 0 aliphatic rings. The Morgan fingerprint density at radius 1 is 1.06 bits per heavy atom. The van der Waals surface area contributed by atoms with Crippen molar-refractivity contribution in [2.75, 3.05) is 0 Å². The number of rotatable bonds is 3. The van der Waals surface area contributed by atoms with Crippen LogP contribution in [0.15, 0.2) is 40.9 Å². The standard InChI is InChI=1S/C13H8BrClF2O/c14-9-4-11(17)6-12(5-9)18-13-2-1-10(16)3-8(13)7-15/h1-6H,7H2. The summed E-state index contributed by atoms with van der Waals surface area (Å²) in [6, 6.07) is 8.19. The second-order valence-electron chi connectivity index (χ2n) is 3.59. The molecule has 2 aromatic rings. The molecule has 18 heavy (non-hydrogen) atoms. The maximum atomic E-state index is 13.2. The number of halogens is 4. The van der Waals surface area contributed by atoms with Gasteiger partial charge >= 0.3 is 0 Å². The van der Waals surface area contributed by atoms with Crippen LogP contribution in [-0.4, -0.2) is 0 Å². The first-order valence-corrected chi connectivity index (χ1v) is 6.39.